The zero-order valence-corrected chi connectivity index (χ0v) is 33.0. The molecule has 0 fully saturated rings. The number of phosphoric acid groups is 1. The molecule has 0 radical (unpaired) electrons. The van der Waals surface area contributed by atoms with E-state index in [2.05, 4.69) is 30.5 Å². The molecule has 0 saturated carbocycles. The summed E-state index contributed by atoms with van der Waals surface area (Å²) in [6.45, 7) is 3.89. The molecule has 0 aromatic rings. The number of esters is 2. The number of unbranched alkanes of at least 4 members (excludes halogenated alkanes) is 25. The maximum absolute atomic E-state index is 12.5. The summed E-state index contributed by atoms with van der Waals surface area (Å²) in [6.07, 6.45) is 38.3. The quantitative estimate of drug-likeness (QED) is 0.0291. The van der Waals surface area contributed by atoms with E-state index in [1.54, 1.807) is 0 Å². The Hall–Kier alpha value is -1.21. The monoisotopic (exact) mass is 717 g/mol. The number of rotatable bonds is 38. The molecule has 9 heteroatoms. The fourth-order valence-electron chi connectivity index (χ4n) is 5.83. The van der Waals surface area contributed by atoms with Gasteiger partial charge in [0, 0.05) is 20.0 Å². The maximum Gasteiger partial charge on any atom is 0.472 e. The molecule has 0 aliphatic rings. The van der Waals surface area contributed by atoms with Gasteiger partial charge in [0.15, 0.2) is 6.10 Å². The fraction of sp³-hybridized carbons (Fsp3) is 0.900. The van der Waals surface area contributed by atoms with Crippen molar-refractivity contribution in [2.24, 2.45) is 0 Å². The van der Waals surface area contributed by atoms with Gasteiger partial charge >= 0.3 is 19.8 Å². The first-order valence-corrected chi connectivity index (χ1v) is 21.9. The van der Waals surface area contributed by atoms with Gasteiger partial charge in [-0.05, 0) is 38.5 Å². The highest BCUT2D eigenvalue weighted by Gasteiger charge is 2.24. The summed E-state index contributed by atoms with van der Waals surface area (Å²) in [5.41, 5.74) is 0. The minimum absolute atomic E-state index is 0.223. The Morgan fingerprint density at radius 1 is 0.551 bits per heavy atom. The molecular formula is C40H77O8P. The lowest BCUT2D eigenvalue weighted by molar-refractivity contribution is -0.161. The van der Waals surface area contributed by atoms with E-state index in [9.17, 15) is 19.0 Å². The highest BCUT2D eigenvalue weighted by molar-refractivity contribution is 7.47. The minimum atomic E-state index is -4.25. The van der Waals surface area contributed by atoms with Crippen LogP contribution in [0.1, 0.15) is 206 Å². The third-order valence-corrected chi connectivity index (χ3v) is 9.95. The number of hydrogen-bond acceptors (Lipinski definition) is 7. The molecule has 0 amide bonds. The van der Waals surface area contributed by atoms with Gasteiger partial charge in [0.1, 0.15) is 6.61 Å². The summed E-state index contributed by atoms with van der Waals surface area (Å²) in [5, 5.41) is 0. The summed E-state index contributed by atoms with van der Waals surface area (Å²) in [7, 11) is -3.19. The molecule has 0 spiro atoms. The molecule has 0 aromatic heterocycles. The molecular weight excluding hydrogens is 639 g/mol. The molecule has 2 unspecified atom stereocenters. The lowest BCUT2D eigenvalue weighted by atomic mass is 10.0. The second kappa shape index (κ2) is 36.6. The fourth-order valence-corrected chi connectivity index (χ4v) is 6.29. The summed E-state index contributed by atoms with van der Waals surface area (Å²) in [5.74, 6) is -0.804. The first-order chi connectivity index (χ1) is 23.8. The van der Waals surface area contributed by atoms with Crippen LogP contribution in [0.5, 0.6) is 0 Å². The Bertz CT molecular complexity index is 818. The molecule has 49 heavy (non-hydrogen) atoms. The van der Waals surface area contributed by atoms with E-state index in [4.69, 9.17) is 14.0 Å². The van der Waals surface area contributed by atoms with Crippen LogP contribution in [0, 0.1) is 0 Å². The van der Waals surface area contributed by atoms with E-state index < -0.39 is 26.5 Å². The van der Waals surface area contributed by atoms with Crippen molar-refractivity contribution < 1.29 is 37.6 Å². The van der Waals surface area contributed by atoms with Gasteiger partial charge in [0.25, 0.3) is 0 Å². The second-order valence-electron chi connectivity index (χ2n) is 13.8. The first kappa shape index (κ1) is 47.8. The largest absolute Gasteiger partial charge is 0.472 e. The molecule has 8 nitrogen and oxygen atoms in total. The zero-order chi connectivity index (χ0) is 36.1. The van der Waals surface area contributed by atoms with Crippen LogP contribution in [0.15, 0.2) is 12.2 Å². The third kappa shape index (κ3) is 36.4. The van der Waals surface area contributed by atoms with Crippen molar-refractivity contribution in [1.82, 2.24) is 0 Å². The summed E-state index contributed by atoms with van der Waals surface area (Å²) in [4.78, 5) is 34.4. The van der Waals surface area contributed by atoms with Crippen LogP contribution in [0.3, 0.4) is 0 Å². The standard InChI is InChI=1S/C40H77O8P/c1-4-6-8-10-12-14-16-18-20-22-24-26-28-30-32-34-39(41)46-36-38(37-47-49(43,44)45-3)48-40(42)35-33-31-29-27-25-23-21-19-17-15-13-11-9-7-5-2/h19,21,38H,4-18,20,22-37H2,1-3H3,(H,43,44)/b21-19-. The third-order valence-electron chi connectivity index (χ3n) is 9.01. The Kier molecular flexibility index (Phi) is 35.7. The number of hydrogen-bond donors (Lipinski definition) is 1. The van der Waals surface area contributed by atoms with Crippen molar-refractivity contribution in [2.75, 3.05) is 20.3 Å². The highest BCUT2D eigenvalue weighted by Crippen LogP contribution is 2.42. The SMILES string of the molecule is CCCCCCCC/C=C\CCCCCCCC(=O)OC(COC(=O)CCCCCCCCCCCCCCCCC)COP(=O)(O)OC. The Balaban J connectivity index is 4.01. The van der Waals surface area contributed by atoms with Crippen molar-refractivity contribution >= 4 is 19.8 Å². The van der Waals surface area contributed by atoms with Crippen LogP contribution in [-0.2, 0) is 32.7 Å². The van der Waals surface area contributed by atoms with Gasteiger partial charge in [-0.25, -0.2) is 4.57 Å². The predicted molar refractivity (Wildman–Crippen MR) is 203 cm³/mol. The average molecular weight is 717 g/mol. The molecule has 0 heterocycles. The van der Waals surface area contributed by atoms with E-state index in [1.807, 2.05) is 0 Å². The van der Waals surface area contributed by atoms with Gasteiger partial charge < -0.3 is 14.4 Å². The van der Waals surface area contributed by atoms with Crippen molar-refractivity contribution in [3.63, 3.8) is 0 Å². The number of carbonyl (C=O) groups excluding carboxylic acids is 2. The maximum atomic E-state index is 12.5. The first-order valence-electron chi connectivity index (χ1n) is 20.4. The number of ether oxygens (including phenoxy) is 2. The molecule has 290 valence electrons. The van der Waals surface area contributed by atoms with Crippen LogP contribution in [0.4, 0.5) is 0 Å². The van der Waals surface area contributed by atoms with Crippen LogP contribution in [0.25, 0.3) is 0 Å². The molecule has 0 rings (SSSR count). The second-order valence-corrected chi connectivity index (χ2v) is 15.3. The average Bonchev–Trinajstić information content (AvgIpc) is 3.09. The molecule has 0 bridgehead atoms. The minimum Gasteiger partial charge on any atom is -0.462 e. The van der Waals surface area contributed by atoms with Crippen LogP contribution in [0.2, 0.25) is 0 Å². The van der Waals surface area contributed by atoms with Crippen molar-refractivity contribution in [1.29, 1.82) is 0 Å². The Labute approximate surface area is 301 Å². The predicted octanol–water partition coefficient (Wildman–Crippen LogP) is 12.5. The molecule has 0 aliphatic carbocycles. The van der Waals surface area contributed by atoms with Gasteiger partial charge in [-0.3, -0.25) is 18.6 Å². The number of carbonyl (C=O) groups is 2. The highest BCUT2D eigenvalue weighted by atomic mass is 31.2. The number of allylic oxidation sites excluding steroid dienone is 2. The molecule has 0 aliphatic heterocycles. The Morgan fingerprint density at radius 2 is 0.918 bits per heavy atom. The summed E-state index contributed by atoms with van der Waals surface area (Å²) >= 11 is 0. The van der Waals surface area contributed by atoms with E-state index in [0.29, 0.717) is 12.8 Å². The van der Waals surface area contributed by atoms with E-state index in [0.717, 1.165) is 58.5 Å². The topological polar surface area (TPSA) is 108 Å². The van der Waals surface area contributed by atoms with Crippen molar-refractivity contribution in [3.05, 3.63) is 12.2 Å². The van der Waals surface area contributed by atoms with Gasteiger partial charge in [-0.1, -0.05) is 167 Å². The van der Waals surface area contributed by atoms with Crippen LogP contribution in [-0.4, -0.2) is 43.3 Å². The molecule has 1 N–H and O–H groups in total. The van der Waals surface area contributed by atoms with Gasteiger partial charge in [0.2, 0.25) is 0 Å². The van der Waals surface area contributed by atoms with Gasteiger partial charge in [0.05, 0.1) is 6.61 Å². The Morgan fingerprint density at radius 3 is 1.33 bits per heavy atom. The molecule has 0 saturated heterocycles. The van der Waals surface area contributed by atoms with Crippen molar-refractivity contribution in [3.8, 4) is 0 Å². The van der Waals surface area contributed by atoms with Gasteiger partial charge in [-0.2, -0.15) is 0 Å². The van der Waals surface area contributed by atoms with E-state index in [-0.39, 0.29) is 19.0 Å². The van der Waals surface area contributed by atoms with Crippen LogP contribution >= 0.6 is 7.82 Å². The van der Waals surface area contributed by atoms with Crippen molar-refractivity contribution in [2.45, 2.75) is 213 Å². The summed E-state index contributed by atoms with van der Waals surface area (Å²) < 4.78 is 31.9. The normalized spacial score (nSPS) is 13.5. The van der Waals surface area contributed by atoms with Gasteiger partial charge in [-0.15, -0.1) is 0 Å². The van der Waals surface area contributed by atoms with Crippen LogP contribution < -0.4 is 0 Å². The van der Waals surface area contributed by atoms with E-state index >= 15 is 0 Å². The smallest absolute Gasteiger partial charge is 0.462 e. The van der Waals surface area contributed by atoms with E-state index in [1.165, 1.54) is 122 Å². The lowest BCUT2D eigenvalue weighted by Gasteiger charge is -2.19. The number of phosphoric ester groups is 1. The summed E-state index contributed by atoms with van der Waals surface area (Å²) in [6, 6.07) is 0. The molecule has 2 atom stereocenters. The zero-order valence-electron chi connectivity index (χ0n) is 32.1. The lowest BCUT2D eigenvalue weighted by Crippen LogP contribution is -2.29. The molecule has 0 aromatic carbocycles.